The number of hydrogen-bond donors (Lipinski definition) is 0. The molecule has 0 radical (unpaired) electrons. The molecule has 22 heavy (non-hydrogen) atoms. The average Bonchev–Trinajstić information content (AvgIpc) is 2.57. The second-order valence-electron chi connectivity index (χ2n) is 5.76. The van der Waals surface area contributed by atoms with Crippen molar-refractivity contribution in [3.05, 3.63) is 88.8 Å². The summed E-state index contributed by atoms with van der Waals surface area (Å²) >= 11 is 0. The monoisotopic (exact) mass is 324 g/mol. The minimum absolute atomic E-state index is 0.0569. The molecule has 0 saturated carbocycles. The van der Waals surface area contributed by atoms with E-state index in [1.165, 1.54) is 16.0 Å². The smallest absolute Gasteiger partial charge is 0.0524 e. The normalized spacial score (nSPS) is 25.2. The summed E-state index contributed by atoms with van der Waals surface area (Å²) in [6.45, 7) is 4.54. The molecule has 2 atom stereocenters. The van der Waals surface area contributed by atoms with Crippen LogP contribution in [0, 0.1) is 0 Å². The minimum atomic E-state index is 0.0569. The number of benzene rings is 2. The molecule has 0 aliphatic carbocycles. The van der Waals surface area contributed by atoms with E-state index in [0.29, 0.717) is 5.92 Å². The molecule has 2 aromatic rings. The van der Waals surface area contributed by atoms with E-state index in [2.05, 4.69) is 92.7 Å². The van der Waals surface area contributed by atoms with E-state index >= 15 is 0 Å². The SMILES string of the molecule is CC1=C[C@@H](c2ccccc2)[C@](C)(/C=C/c2ccccc2)SS1. The van der Waals surface area contributed by atoms with Gasteiger partial charge in [0.05, 0.1) is 4.75 Å². The zero-order valence-corrected chi connectivity index (χ0v) is 14.5. The zero-order chi connectivity index (χ0) is 15.4. The molecule has 0 bridgehead atoms. The third-order valence-electron chi connectivity index (χ3n) is 3.94. The topological polar surface area (TPSA) is 0 Å². The Labute approximate surface area is 141 Å². The van der Waals surface area contributed by atoms with Crippen LogP contribution in [0.25, 0.3) is 6.08 Å². The van der Waals surface area contributed by atoms with Crippen molar-refractivity contribution in [1.29, 1.82) is 0 Å². The van der Waals surface area contributed by atoms with Gasteiger partial charge in [0.1, 0.15) is 0 Å². The van der Waals surface area contributed by atoms with Gasteiger partial charge in [0.2, 0.25) is 0 Å². The molecule has 2 heteroatoms. The Morgan fingerprint density at radius 2 is 1.59 bits per heavy atom. The summed E-state index contributed by atoms with van der Waals surface area (Å²) in [7, 11) is 3.84. The number of rotatable bonds is 3. The van der Waals surface area contributed by atoms with Crippen molar-refractivity contribution in [2.75, 3.05) is 0 Å². The first kappa shape index (κ1) is 15.5. The fourth-order valence-electron chi connectivity index (χ4n) is 2.68. The van der Waals surface area contributed by atoms with E-state index < -0.39 is 0 Å². The van der Waals surface area contributed by atoms with E-state index in [9.17, 15) is 0 Å². The molecule has 0 aromatic heterocycles. The van der Waals surface area contributed by atoms with Crippen LogP contribution in [-0.4, -0.2) is 4.75 Å². The second-order valence-corrected chi connectivity index (χ2v) is 8.62. The van der Waals surface area contributed by atoms with Crippen molar-refractivity contribution in [2.45, 2.75) is 24.5 Å². The predicted octanol–water partition coefficient (Wildman–Crippen LogP) is 6.54. The molecule has 0 N–H and O–H groups in total. The Morgan fingerprint density at radius 1 is 0.955 bits per heavy atom. The molecule has 0 amide bonds. The summed E-state index contributed by atoms with van der Waals surface area (Å²) in [6.07, 6.45) is 7.02. The summed E-state index contributed by atoms with van der Waals surface area (Å²) in [5.74, 6) is 0.403. The quantitative estimate of drug-likeness (QED) is 0.588. The lowest BCUT2D eigenvalue weighted by molar-refractivity contribution is 0.698. The lowest BCUT2D eigenvalue weighted by Crippen LogP contribution is -2.27. The first-order valence-electron chi connectivity index (χ1n) is 7.51. The van der Waals surface area contributed by atoms with Gasteiger partial charge in [-0.25, -0.2) is 0 Å². The summed E-state index contributed by atoms with van der Waals surface area (Å²) in [5.41, 5.74) is 2.64. The van der Waals surface area contributed by atoms with Gasteiger partial charge in [-0.05, 0) is 29.9 Å². The van der Waals surface area contributed by atoms with Crippen molar-refractivity contribution in [2.24, 2.45) is 0 Å². The Kier molecular flexibility index (Phi) is 4.80. The van der Waals surface area contributed by atoms with E-state index in [1.54, 1.807) is 0 Å². The molecule has 0 nitrogen and oxygen atoms in total. The highest BCUT2D eigenvalue weighted by molar-refractivity contribution is 8.78. The van der Waals surface area contributed by atoms with Crippen LogP contribution in [0.3, 0.4) is 0 Å². The Hall–Kier alpha value is -1.38. The molecule has 0 spiro atoms. The van der Waals surface area contributed by atoms with Crippen LogP contribution in [0.1, 0.15) is 30.9 Å². The van der Waals surface area contributed by atoms with Gasteiger partial charge >= 0.3 is 0 Å². The molecule has 1 aliphatic heterocycles. The summed E-state index contributed by atoms with van der Waals surface area (Å²) in [6, 6.07) is 21.4. The molecule has 0 fully saturated rings. The summed E-state index contributed by atoms with van der Waals surface area (Å²) in [4.78, 5) is 1.39. The standard InChI is InChI=1S/C20H20S2/c1-16-15-19(18-11-7-4-8-12-18)20(2,22-21-16)14-13-17-9-5-3-6-10-17/h3-15,19H,1-2H3/b14-13+/t19-,20-/m0/s1. The van der Waals surface area contributed by atoms with Crippen LogP contribution in [-0.2, 0) is 0 Å². The molecule has 3 rings (SSSR count). The average molecular weight is 325 g/mol. The molecular formula is C20H20S2. The van der Waals surface area contributed by atoms with Gasteiger partial charge in [-0.3, -0.25) is 0 Å². The first-order valence-corrected chi connectivity index (χ1v) is 9.66. The van der Waals surface area contributed by atoms with Crippen molar-refractivity contribution in [3.8, 4) is 0 Å². The van der Waals surface area contributed by atoms with Crippen LogP contribution in [0.15, 0.2) is 77.7 Å². The lowest BCUT2D eigenvalue weighted by atomic mass is 9.85. The highest BCUT2D eigenvalue weighted by atomic mass is 33.1. The van der Waals surface area contributed by atoms with Crippen LogP contribution in [0.2, 0.25) is 0 Å². The zero-order valence-electron chi connectivity index (χ0n) is 12.9. The van der Waals surface area contributed by atoms with Gasteiger partial charge in [0, 0.05) is 5.92 Å². The molecule has 112 valence electrons. The van der Waals surface area contributed by atoms with E-state index in [1.807, 2.05) is 21.6 Å². The van der Waals surface area contributed by atoms with Gasteiger partial charge in [-0.15, -0.1) is 0 Å². The molecule has 2 aromatic carbocycles. The predicted molar refractivity (Wildman–Crippen MR) is 102 cm³/mol. The van der Waals surface area contributed by atoms with Crippen molar-refractivity contribution >= 4 is 27.7 Å². The maximum absolute atomic E-state index is 2.41. The van der Waals surface area contributed by atoms with Gasteiger partial charge in [-0.2, -0.15) is 0 Å². The third-order valence-corrected chi connectivity index (χ3v) is 7.28. The van der Waals surface area contributed by atoms with E-state index in [0.717, 1.165) is 0 Å². The maximum Gasteiger partial charge on any atom is 0.0524 e. The molecule has 1 aliphatic rings. The third kappa shape index (κ3) is 3.50. The van der Waals surface area contributed by atoms with Gasteiger partial charge in [-0.1, -0.05) is 100 Å². The Balaban J connectivity index is 1.94. The van der Waals surface area contributed by atoms with Crippen LogP contribution >= 0.6 is 21.6 Å². The highest BCUT2D eigenvalue weighted by Gasteiger charge is 2.35. The van der Waals surface area contributed by atoms with Crippen LogP contribution in [0.4, 0.5) is 0 Å². The fourth-order valence-corrected chi connectivity index (χ4v) is 5.19. The van der Waals surface area contributed by atoms with Gasteiger partial charge in [0.25, 0.3) is 0 Å². The maximum atomic E-state index is 2.41. The summed E-state index contributed by atoms with van der Waals surface area (Å²) in [5, 5.41) is 0. The van der Waals surface area contributed by atoms with Crippen LogP contribution < -0.4 is 0 Å². The van der Waals surface area contributed by atoms with Crippen molar-refractivity contribution in [3.63, 3.8) is 0 Å². The second kappa shape index (κ2) is 6.80. The van der Waals surface area contributed by atoms with E-state index in [4.69, 9.17) is 0 Å². The highest BCUT2D eigenvalue weighted by Crippen LogP contribution is 2.54. The van der Waals surface area contributed by atoms with Gasteiger partial charge in [0.15, 0.2) is 0 Å². The molecular weight excluding hydrogens is 304 g/mol. The lowest BCUT2D eigenvalue weighted by Gasteiger charge is -2.36. The molecule has 1 heterocycles. The van der Waals surface area contributed by atoms with Gasteiger partial charge < -0.3 is 0 Å². The Morgan fingerprint density at radius 3 is 2.27 bits per heavy atom. The largest absolute Gasteiger partial charge is 0.0775 e. The van der Waals surface area contributed by atoms with E-state index in [-0.39, 0.29) is 4.75 Å². The first-order chi connectivity index (χ1) is 10.7. The van der Waals surface area contributed by atoms with Crippen LogP contribution in [0.5, 0.6) is 0 Å². The minimum Gasteiger partial charge on any atom is -0.0775 e. The molecule has 0 unspecified atom stereocenters. The van der Waals surface area contributed by atoms with Crippen molar-refractivity contribution in [1.82, 2.24) is 0 Å². The summed E-state index contributed by atoms with van der Waals surface area (Å²) < 4.78 is 0.0569. The Bertz CT molecular complexity index is 673. The number of hydrogen-bond acceptors (Lipinski definition) is 2. The van der Waals surface area contributed by atoms with Crippen molar-refractivity contribution < 1.29 is 0 Å². The molecule has 0 saturated heterocycles. The number of allylic oxidation sites excluding steroid dienone is 2. The fraction of sp³-hybridized carbons (Fsp3) is 0.200.